The smallest absolute Gasteiger partial charge is 0.324 e. The molecule has 0 saturated heterocycles. The predicted molar refractivity (Wildman–Crippen MR) is 48.1 cm³/mol. The fourth-order valence-electron chi connectivity index (χ4n) is 0.837. The Morgan fingerprint density at radius 2 is 2.12 bits per heavy atom. The highest BCUT2D eigenvalue weighted by Gasteiger charge is 2.40. The minimum absolute atomic E-state index is 0.352. The summed E-state index contributed by atoms with van der Waals surface area (Å²) in [6.07, 6.45) is -3.87. The van der Waals surface area contributed by atoms with E-state index in [4.69, 9.17) is 0 Å². The van der Waals surface area contributed by atoms with E-state index in [0.717, 1.165) is 12.1 Å². The fourth-order valence-corrected chi connectivity index (χ4v) is 0.837. The van der Waals surface area contributed by atoms with E-state index in [-0.39, 0.29) is 5.69 Å². The second-order valence-electron chi connectivity index (χ2n) is 3.05. The summed E-state index contributed by atoms with van der Waals surface area (Å²) in [5.74, 6) is -5.39. The number of aromatic nitrogens is 2. The molecule has 0 bridgehead atoms. The molecular formula is C8H7F4N3O2. The first-order chi connectivity index (χ1) is 7.83. The normalized spacial score (nSPS) is 11.6. The van der Waals surface area contributed by atoms with Gasteiger partial charge in [-0.15, -0.1) is 0 Å². The second-order valence-corrected chi connectivity index (χ2v) is 3.05. The zero-order chi connectivity index (χ0) is 13.1. The molecule has 0 unspecified atom stereocenters. The summed E-state index contributed by atoms with van der Waals surface area (Å²) in [6.45, 7) is -1.51. The van der Waals surface area contributed by atoms with Crippen molar-refractivity contribution >= 4 is 5.91 Å². The van der Waals surface area contributed by atoms with Gasteiger partial charge in [-0.25, -0.2) is 13.9 Å². The molecule has 0 radical (unpaired) electrons. The summed E-state index contributed by atoms with van der Waals surface area (Å²) >= 11 is 0. The summed E-state index contributed by atoms with van der Waals surface area (Å²) in [7, 11) is 0. The van der Waals surface area contributed by atoms with Crippen LogP contribution in [0.5, 0.6) is 0 Å². The highest BCUT2D eigenvalue weighted by atomic mass is 19.3. The van der Waals surface area contributed by atoms with Crippen LogP contribution in [-0.2, 0) is 0 Å². The quantitative estimate of drug-likeness (QED) is 0.763. The van der Waals surface area contributed by atoms with Crippen LogP contribution in [0.4, 0.5) is 17.6 Å². The molecule has 1 rings (SSSR count). The van der Waals surface area contributed by atoms with Crippen molar-refractivity contribution in [1.29, 1.82) is 0 Å². The average molecular weight is 253 g/mol. The molecule has 5 nitrogen and oxygen atoms in total. The Morgan fingerprint density at radius 3 is 2.59 bits per heavy atom. The van der Waals surface area contributed by atoms with E-state index in [1.807, 2.05) is 5.10 Å². The highest BCUT2D eigenvalue weighted by molar-refractivity contribution is 5.91. The first-order valence-corrected chi connectivity index (χ1v) is 4.33. The molecule has 0 saturated carbocycles. The molecule has 2 N–H and O–H groups in total. The summed E-state index contributed by atoms with van der Waals surface area (Å²) in [6, 6.07) is 1.93. The van der Waals surface area contributed by atoms with Gasteiger partial charge in [-0.05, 0) is 6.07 Å². The van der Waals surface area contributed by atoms with Crippen molar-refractivity contribution in [1.82, 2.24) is 15.5 Å². The zero-order valence-electron chi connectivity index (χ0n) is 8.21. The summed E-state index contributed by atoms with van der Waals surface area (Å²) < 4.78 is 48.4. The van der Waals surface area contributed by atoms with Crippen molar-refractivity contribution < 1.29 is 22.4 Å². The van der Waals surface area contributed by atoms with Gasteiger partial charge < -0.3 is 5.32 Å². The third-order valence-electron chi connectivity index (χ3n) is 1.72. The number of amides is 1. The number of alkyl halides is 4. The number of hydrogen-bond acceptors (Lipinski definition) is 3. The van der Waals surface area contributed by atoms with Crippen LogP contribution in [0.2, 0.25) is 0 Å². The molecule has 1 heterocycles. The molecule has 0 aliphatic rings. The van der Waals surface area contributed by atoms with E-state index in [1.165, 1.54) is 0 Å². The number of hydrogen-bond donors (Lipinski definition) is 2. The molecule has 17 heavy (non-hydrogen) atoms. The molecule has 0 atom stereocenters. The van der Waals surface area contributed by atoms with Crippen LogP contribution in [-0.4, -0.2) is 35.0 Å². The van der Waals surface area contributed by atoms with Crippen molar-refractivity contribution in [3.05, 3.63) is 28.2 Å². The minimum Gasteiger partial charge on any atom is -0.344 e. The van der Waals surface area contributed by atoms with Gasteiger partial charge in [0, 0.05) is 6.07 Å². The molecule has 0 aliphatic carbocycles. The molecule has 1 aromatic rings. The number of aromatic amines is 1. The third-order valence-corrected chi connectivity index (χ3v) is 1.72. The molecule has 0 fully saturated rings. The van der Waals surface area contributed by atoms with E-state index in [9.17, 15) is 27.2 Å². The number of H-pyrrole nitrogens is 1. The standard InChI is InChI=1S/C8H7F4N3O2/c9-7(10)8(11,12)3-13-6(17)4-1-2-5(16)15-14-4/h1-2,7H,3H2,(H,13,17)(H,15,16). The highest BCUT2D eigenvalue weighted by Crippen LogP contribution is 2.21. The predicted octanol–water partition coefficient (Wildman–Crippen LogP) is 0.400. The van der Waals surface area contributed by atoms with Crippen LogP contribution in [0.1, 0.15) is 10.5 Å². The molecule has 0 aliphatic heterocycles. The van der Waals surface area contributed by atoms with Gasteiger partial charge in [0.1, 0.15) is 5.69 Å². The molecule has 1 aromatic heterocycles. The number of rotatable bonds is 4. The zero-order valence-corrected chi connectivity index (χ0v) is 8.21. The van der Waals surface area contributed by atoms with Gasteiger partial charge >= 0.3 is 12.3 Å². The van der Waals surface area contributed by atoms with Gasteiger partial charge in [0.25, 0.3) is 11.5 Å². The Bertz CT molecular complexity index is 440. The average Bonchev–Trinajstić information content (AvgIpc) is 2.27. The van der Waals surface area contributed by atoms with Crippen LogP contribution in [0.25, 0.3) is 0 Å². The Labute approximate surface area is 91.8 Å². The summed E-state index contributed by atoms with van der Waals surface area (Å²) in [5.41, 5.74) is -0.936. The fraction of sp³-hybridized carbons (Fsp3) is 0.375. The number of carbonyl (C=O) groups is 1. The topological polar surface area (TPSA) is 74.8 Å². The van der Waals surface area contributed by atoms with E-state index < -0.39 is 30.4 Å². The van der Waals surface area contributed by atoms with E-state index in [2.05, 4.69) is 5.10 Å². The lowest BCUT2D eigenvalue weighted by atomic mass is 10.3. The second kappa shape index (κ2) is 4.93. The SMILES string of the molecule is O=C(NCC(F)(F)C(F)F)c1ccc(=O)[nH]n1. The van der Waals surface area contributed by atoms with Crippen LogP contribution in [0.3, 0.4) is 0 Å². The lowest BCUT2D eigenvalue weighted by Crippen LogP contribution is -2.41. The molecule has 94 valence electrons. The Morgan fingerprint density at radius 1 is 1.47 bits per heavy atom. The van der Waals surface area contributed by atoms with Gasteiger partial charge in [-0.2, -0.15) is 13.9 Å². The molecule has 9 heteroatoms. The van der Waals surface area contributed by atoms with E-state index >= 15 is 0 Å². The first kappa shape index (κ1) is 13.1. The van der Waals surface area contributed by atoms with Crippen molar-refractivity contribution in [2.45, 2.75) is 12.3 Å². The van der Waals surface area contributed by atoms with Crippen molar-refractivity contribution in [2.24, 2.45) is 0 Å². The molecule has 0 spiro atoms. The minimum atomic E-state index is -4.31. The Balaban J connectivity index is 2.62. The lowest BCUT2D eigenvalue weighted by Gasteiger charge is -2.15. The van der Waals surface area contributed by atoms with Crippen LogP contribution in [0.15, 0.2) is 16.9 Å². The third kappa shape index (κ3) is 3.54. The van der Waals surface area contributed by atoms with Gasteiger partial charge in [0.2, 0.25) is 0 Å². The summed E-state index contributed by atoms with van der Waals surface area (Å²) in [5, 5.41) is 6.73. The lowest BCUT2D eigenvalue weighted by molar-refractivity contribution is -0.123. The largest absolute Gasteiger partial charge is 0.344 e. The number of nitrogens with one attached hydrogen (secondary N) is 2. The number of halogens is 4. The van der Waals surface area contributed by atoms with E-state index in [1.54, 1.807) is 5.32 Å². The molecule has 1 amide bonds. The monoisotopic (exact) mass is 253 g/mol. The van der Waals surface area contributed by atoms with E-state index in [0.29, 0.717) is 0 Å². The summed E-state index contributed by atoms with van der Waals surface area (Å²) in [4.78, 5) is 21.7. The van der Waals surface area contributed by atoms with Crippen LogP contribution < -0.4 is 10.9 Å². The van der Waals surface area contributed by atoms with Crippen molar-refractivity contribution in [2.75, 3.05) is 6.54 Å². The van der Waals surface area contributed by atoms with Crippen LogP contribution >= 0.6 is 0 Å². The van der Waals surface area contributed by atoms with Gasteiger partial charge in [-0.3, -0.25) is 9.59 Å². The van der Waals surface area contributed by atoms with Gasteiger partial charge in [-0.1, -0.05) is 0 Å². The van der Waals surface area contributed by atoms with Gasteiger partial charge in [0.15, 0.2) is 0 Å². The number of nitrogens with zero attached hydrogens (tertiary/aromatic N) is 1. The molecular weight excluding hydrogens is 246 g/mol. The Hall–Kier alpha value is -1.93. The van der Waals surface area contributed by atoms with Crippen molar-refractivity contribution in [3.8, 4) is 0 Å². The van der Waals surface area contributed by atoms with Crippen LogP contribution in [0, 0.1) is 0 Å². The molecule has 0 aromatic carbocycles. The first-order valence-electron chi connectivity index (χ1n) is 4.33. The maximum absolute atomic E-state index is 12.4. The van der Waals surface area contributed by atoms with Crippen molar-refractivity contribution in [3.63, 3.8) is 0 Å². The number of carbonyl (C=O) groups excluding carboxylic acids is 1. The van der Waals surface area contributed by atoms with Gasteiger partial charge in [0.05, 0.1) is 6.54 Å². The Kier molecular flexibility index (Phi) is 3.81. The maximum Gasteiger partial charge on any atom is 0.324 e. The maximum atomic E-state index is 12.4.